The highest BCUT2D eigenvalue weighted by Gasteiger charge is 2.27. The largest absolute Gasteiger partial charge is 0.494 e. The molecule has 1 saturated heterocycles. The Hall–Kier alpha value is -3.11. The molecular formula is C22H24N2O5. The molecule has 3 rings (SSSR count). The molecule has 2 aromatic rings. The molecule has 7 nitrogen and oxygen atoms in total. The summed E-state index contributed by atoms with van der Waals surface area (Å²) in [6.07, 6.45) is 2.27. The van der Waals surface area contributed by atoms with E-state index >= 15 is 0 Å². The summed E-state index contributed by atoms with van der Waals surface area (Å²) < 4.78 is 12.2. The van der Waals surface area contributed by atoms with Gasteiger partial charge >= 0.3 is 0 Å². The van der Waals surface area contributed by atoms with Crippen LogP contribution in [-0.2, 0) is 11.3 Å². The molecule has 7 heteroatoms. The third kappa shape index (κ3) is 4.17. The summed E-state index contributed by atoms with van der Waals surface area (Å²) in [5.41, 5.74) is -0.292. The molecule has 1 atom stereocenters. The van der Waals surface area contributed by atoms with Gasteiger partial charge < -0.3 is 14.6 Å². The average molecular weight is 396 g/mol. The number of aromatic nitrogens is 1. The topological polar surface area (TPSA) is 102 Å². The Morgan fingerprint density at radius 3 is 2.69 bits per heavy atom. The van der Waals surface area contributed by atoms with Crippen molar-refractivity contribution in [2.75, 3.05) is 13.2 Å². The van der Waals surface area contributed by atoms with Gasteiger partial charge in [0.2, 0.25) is 5.88 Å². The van der Waals surface area contributed by atoms with Crippen molar-refractivity contribution in [2.24, 2.45) is 0 Å². The van der Waals surface area contributed by atoms with Crippen LogP contribution in [0.3, 0.4) is 0 Å². The van der Waals surface area contributed by atoms with Crippen molar-refractivity contribution >= 4 is 5.78 Å². The van der Waals surface area contributed by atoms with Gasteiger partial charge in [0.05, 0.1) is 24.8 Å². The Kier molecular flexibility index (Phi) is 6.35. The number of hydrogen-bond donors (Lipinski definition) is 1. The van der Waals surface area contributed by atoms with Crippen LogP contribution < -0.4 is 10.3 Å². The van der Waals surface area contributed by atoms with Crippen LogP contribution in [-0.4, -0.2) is 34.8 Å². The molecule has 0 radical (unpaired) electrons. The number of carbonyl (C=O) groups excluding carboxylic acids is 1. The van der Waals surface area contributed by atoms with Gasteiger partial charge in [0.15, 0.2) is 5.78 Å². The van der Waals surface area contributed by atoms with Gasteiger partial charge in [-0.1, -0.05) is 6.92 Å². The van der Waals surface area contributed by atoms with Gasteiger partial charge in [0.25, 0.3) is 5.56 Å². The Balaban J connectivity index is 2.02. The molecule has 0 aliphatic carbocycles. The second kappa shape index (κ2) is 8.93. The zero-order chi connectivity index (χ0) is 21.0. The van der Waals surface area contributed by atoms with Crippen LogP contribution >= 0.6 is 0 Å². The minimum absolute atomic E-state index is 0.0404. The summed E-state index contributed by atoms with van der Waals surface area (Å²) in [5, 5.41) is 20.3. The van der Waals surface area contributed by atoms with Crippen molar-refractivity contribution < 1.29 is 19.4 Å². The van der Waals surface area contributed by atoms with Gasteiger partial charge in [-0.25, -0.2) is 0 Å². The fraction of sp³-hybridized carbons (Fsp3) is 0.409. The van der Waals surface area contributed by atoms with E-state index in [9.17, 15) is 20.0 Å². The van der Waals surface area contributed by atoms with E-state index in [1.165, 1.54) is 6.92 Å². The first kappa shape index (κ1) is 20.6. The lowest BCUT2D eigenvalue weighted by Crippen LogP contribution is -2.30. The van der Waals surface area contributed by atoms with Crippen LogP contribution in [0.2, 0.25) is 0 Å². The number of carbonyl (C=O) groups is 1. The zero-order valence-electron chi connectivity index (χ0n) is 16.6. The van der Waals surface area contributed by atoms with Crippen molar-refractivity contribution in [2.45, 2.75) is 45.8 Å². The standard InChI is InChI=1S/C22H24N2O5/c1-3-10-28-16-8-6-15(7-9-16)20(25)19-14(2)18(12-23)21(26)24(22(19)27)13-17-5-4-11-29-17/h6-9,17,27H,3-5,10-11,13H2,1-2H3/t17-/m0/s1. The Bertz CT molecular complexity index is 996. The van der Waals surface area contributed by atoms with Crippen LogP contribution in [0.5, 0.6) is 11.6 Å². The lowest BCUT2D eigenvalue weighted by molar-refractivity contribution is 0.0929. The molecule has 0 unspecified atom stereocenters. The van der Waals surface area contributed by atoms with Gasteiger partial charge in [0.1, 0.15) is 17.4 Å². The van der Waals surface area contributed by atoms with Crippen molar-refractivity contribution in [1.29, 1.82) is 5.26 Å². The van der Waals surface area contributed by atoms with E-state index in [1.807, 2.05) is 13.0 Å². The van der Waals surface area contributed by atoms with E-state index < -0.39 is 17.2 Å². The molecule has 0 amide bonds. The molecule has 152 valence electrons. The molecule has 0 saturated carbocycles. The predicted octanol–water partition coefficient (Wildman–Crippen LogP) is 2.93. The number of rotatable bonds is 7. The Labute approximate surface area is 169 Å². The average Bonchev–Trinajstić information content (AvgIpc) is 3.23. The highest BCUT2D eigenvalue weighted by atomic mass is 16.5. The SMILES string of the molecule is CCCOc1ccc(C(=O)c2c(C)c(C#N)c(=O)n(C[C@@H]3CCCO3)c2O)cc1. The molecule has 1 aromatic heterocycles. The number of nitriles is 1. The Morgan fingerprint density at radius 2 is 2.10 bits per heavy atom. The third-order valence-electron chi connectivity index (χ3n) is 5.03. The van der Waals surface area contributed by atoms with Crippen LogP contribution in [0.1, 0.15) is 53.2 Å². The maximum Gasteiger partial charge on any atom is 0.271 e. The van der Waals surface area contributed by atoms with Crippen molar-refractivity contribution in [3.8, 4) is 17.7 Å². The molecule has 1 N–H and O–H groups in total. The summed E-state index contributed by atoms with van der Waals surface area (Å²) in [7, 11) is 0. The number of ketones is 1. The maximum absolute atomic E-state index is 13.1. The molecule has 1 aliphatic rings. The molecule has 0 bridgehead atoms. The van der Waals surface area contributed by atoms with Gasteiger partial charge in [-0.05, 0) is 56.0 Å². The van der Waals surface area contributed by atoms with E-state index in [2.05, 4.69) is 0 Å². The van der Waals surface area contributed by atoms with Crippen LogP contribution in [0.15, 0.2) is 29.1 Å². The molecule has 2 heterocycles. The van der Waals surface area contributed by atoms with E-state index in [1.54, 1.807) is 24.3 Å². The summed E-state index contributed by atoms with van der Waals surface area (Å²) >= 11 is 0. The molecule has 0 spiro atoms. The van der Waals surface area contributed by atoms with Crippen molar-refractivity contribution in [3.63, 3.8) is 0 Å². The minimum atomic E-state index is -0.613. The fourth-order valence-electron chi connectivity index (χ4n) is 3.45. The zero-order valence-corrected chi connectivity index (χ0v) is 16.6. The highest BCUT2D eigenvalue weighted by Crippen LogP contribution is 2.27. The predicted molar refractivity (Wildman–Crippen MR) is 106 cm³/mol. The van der Waals surface area contributed by atoms with E-state index in [0.717, 1.165) is 23.8 Å². The second-order valence-electron chi connectivity index (χ2n) is 7.06. The molecule has 29 heavy (non-hydrogen) atoms. The fourth-order valence-corrected chi connectivity index (χ4v) is 3.45. The number of hydrogen-bond acceptors (Lipinski definition) is 6. The van der Waals surface area contributed by atoms with Crippen molar-refractivity contribution in [3.05, 3.63) is 56.9 Å². The van der Waals surface area contributed by atoms with Gasteiger partial charge in [0, 0.05) is 12.2 Å². The lowest BCUT2D eigenvalue weighted by Gasteiger charge is -2.18. The molecule has 1 aliphatic heterocycles. The van der Waals surface area contributed by atoms with Gasteiger partial charge in [-0.2, -0.15) is 5.26 Å². The summed E-state index contributed by atoms with van der Waals surface area (Å²) in [4.78, 5) is 25.8. The van der Waals surface area contributed by atoms with E-state index in [4.69, 9.17) is 9.47 Å². The van der Waals surface area contributed by atoms with Crippen LogP contribution in [0.25, 0.3) is 0 Å². The van der Waals surface area contributed by atoms with Gasteiger partial charge in [-0.3, -0.25) is 14.2 Å². The first-order valence-electron chi connectivity index (χ1n) is 9.73. The molecule has 1 aromatic carbocycles. The quantitative estimate of drug-likeness (QED) is 0.722. The number of ether oxygens (including phenoxy) is 2. The minimum Gasteiger partial charge on any atom is -0.494 e. The smallest absolute Gasteiger partial charge is 0.271 e. The second-order valence-corrected chi connectivity index (χ2v) is 7.06. The number of pyridine rings is 1. The maximum atomic E-state index is 13.1. The molecular weight excluding hydrogens is 372 g/mol. The monoisotopic (exact) mass is 396 g/mol. The van der Waals surface area contributed by atoms with Crippen molar-refractivity contribution in [1.82, 2.24) is 4.57 Å². The lowest BCUT2D eigenvalue weighted by atomic mass is 9.97. The van der Waals surface area contributed by atoms with E-state index in [0.29, 0.717) is 24.5 Å². The van der Waals surface area contributed by atoms with Crippen LogP contribution in [0.4, 0.5) is 0 Å². The number of aromatic hydroxyl groups is 1. The summed E-state index contributed by atoms with van der Waals surface area (Å²) in [6, 6.07) is 8.45. The number of benzene rings is 1. The molecule has 1 fully saturated rings. The summed E-state index contributed by atoms with van der Waals surface area (Å²) in [5.74, 6) is -0.247. The number of nitrogens with zero attached hydrogens (tertiary/aromatic N) is 2. The third-order valence-corrected chi connectivity index (χ3v) is 5.03. The van der Waals surface area contributed by atoms with Crippen LogP contribution in [0, 0.1) is 18.3 Å². The van der Waals surface area contributed by atoms with Gasteiger partial charge in [-0.15, -0.1) is 0 Å². The Morgan fingerprint density at radius 1 is 1.38 bits per heavy atom. The first-order chi connectivity index (χ1) is 14.0. The summed E-state index contributed by atoms with van der Waals surface area (Å²) in [6.45, 7) is 4.77. The van der Waals surface area contributed by atoms with E-state index in [-0.39, 0.29) is 29.3 Å². The normalized spacial score (nSPS) is 15.8. The highest BCUT2D eigenvalue weighted by molar-refractivity contribution is 6.11. The first-order valence-corrected chi connectivity index (χ1v) is 9.73.